The van der Waals surface area contributed by atoms with E-state index in [2.05, 4.69) is 25.0 Å². The third-order valence-electron chi connectivity index (χ3n) is 2.74. The summed E-state index contributed by atoms with van der Waals surface area (Å²) in [6.45, 7) is -1.87. The molecular formula is C13H12F4N4O2. The van der Waals surface area contributed by atoms with E-state index in [1.807, 2.05) is 0 Å². The fourth-order valence-corrected chi connectivity index (χ4v) is 1.62. The number of nitrogens with one attached hydrogen (secondary N) is 1. The first-order valence-electron chi connectivity index (χ1n) is 6.49. The van der Waals surface area contributed by atoms with Crippen molar-refractivity contribution >= 4 is 22.8 Å². The van der Waals surface area contributed by atoms with Gasteiger partial charge in [-0.05, 0) is 12.1 Å². The average molecular weight is 332 g/mol. The molecule has 0 saturated heterocycles. The number of pyridine rings is 1. The van der Waals surface area contributed by atoms with Gasteiger partial charge in [-0.25, -0.2) is 18.7 Å². The van der Waals surface area contributed by atoms with Crippen molar-refractivity contribution in [1.29, 1.82) is 0 Å². The van der Waals surface area contributed by atoms with Crippen LogP contribution in [0.15, 0.2) is 24.7 Å². The van der Waals surface area contributed by atoms with Gasteiger partial charge in [0.15, 0.2) is 5.82 Å². The number of hydrogen-bond donors (Lipinski definition) is 1. The second-order valence-electron chi connectivity index (χ2n) is 4.51. The van der Waals surface area contributed by atoms with Crippen LogP contribution in [-0.4, -0.2) is 46.4 Å². The molecule has 0 aliphatic rings. The van der Waals surface area contributed by atoms with Gasteiger partial charge in [0.2, 0.25) is 5.91 Å². The molecule has 10 heteroatoms. The Labute approximate surface area is 127 Å². The number of halogens is 4. The number of ether oxygens (including phenoxy) is 1. The maximum Gasteiger partial charge on any atom is 0.330 e. The summed E-state index contributed by atoms with van der Waals surface area (Å²) in [7, 11) is 0. The number of anilines is 1. The number of nitrogens with zero attached hydrogens (tertiary/aromatic N) is 3. The Kier molecular flexibility index (Phi) is 5.37. The highest BCUT2D eigenvalue weighted by Gasteiger charge is 2.40. The number of rotatable bonds is 7. The van der Waals surface area contributed by atoms with E-state index in [-0.39, 0.29) is 12.2 Å². The van der Waals surface area contributed by atoms with Crippen LogP contribution in [-0.2, 0) is 9.53 Å². The molecule has 0 bridgehead atoms. The molecule has 2 aromatic rings. The highest BCUT2D eigenvalue weighted by Crippen LogP contribution is 2.22. The molecule has 2 aromatic heterocycles. The third kappa shape index (κ3) is 4.55. The van der Waals surface area contributed by atoms with Crippen LogP contribution in [0, 0.1) is 0 Å². The van der Waals surface area contributed by atoms with Gasteiger partial charge >= 0.3 is 12.3 Å². The highest BCUT2D eigenvalue weighted by atomic mass is 19.3. The highest BCUT2D eigenvalue weighted by molar-refractivity contribution is 5.97. The standard InChI is InChI=1S/C13H12F4N4O2/c14-12(15)13(16,17)6-23-5-3-9(22)21-11-10-8(19-7-20-11)2-1-4-18-10/h1-2,4,7,12H,3,5-6H2,(H,19,20,21,22). The van der Waals surface area contributed by atoms with Crippen molar-refractivity contribution in [1.82, 2.24) is 15.0 Å². The number of carbonyl (C=O) groups is 1. The molecule has 6 nitrogen and oxygen atoms in total. The van der Waals surface area contributed by atoms with E-state index in [4.69, 9.17) is 0 Å². The third-order valence-corrected chi connectivity index (χ3v) is 2.74. The molecule has 124 valence electrons. The van der Waals surface area contributed by atoms with Crippen molar-refractivity contribution in [3.8, 4) is 0 Å². The molecule has 0 aliphatic heterocycles. The zero-order valence-corrected chi connectivity index (χ0v) is 11.7. The van der Waals surface area contributed by atoms with Gasteiger partial charge in [-0.3, -0.25) is 9.78 Å². The molecule has 23 heavy (non-hydrogen) atoms. The monoisotopic (exact) mass is 332 g/mol. The second kappa shape index (κ2) is 7.27. The molecule has 0 fully saturated rings. The summed E-state index contributed by atoms with van der Waals surface area (Å²) in [5.74, 6) is -4.64. The molecule has 0 radical (unpaired) electrons. The van der Waals surface area contributed by atoms with Crippen LogP contribution in [0.5, 0.6) is 0 Å². The molecule has 0 aromatic carbocycles. The number of hydrogen-bond acceptors (Lipinski definition) is 5. The van der Waals surface area contributed by atoms with Gasteiger partial charge in [-0.1, -0.05) is 0 Å². The van der Waals surface area contributed by atoms with Crippen LogP contribution in [0.3, 0.4) is 0 Å². The molecule has 0 aliphatic carbocycles. The molecule has 2 heterocycles. The van der Waals surface area contributed by atoms with E-state index < -0.39 is 31.5 Å². The van der Waals surface area contributed by atoms with E-state index in [0.29, 0.717) is 11.0 Å². The van der Waals surface area contributed by atoms with Crippen molar-refractivity contribution < 1.29 is 27.1 Å². The molecule has 0 atom stereocenters. The van der Waals surface area contributed by atoms with Crippen LogP contribution in [0.2, 0.25) is 0 Å². The minimum Gasteiger partial charge on any atom is -0.374 e. The summed E-state index contributed by atoms with van der Waals surface area (Å²) in [6.07, 6.45) is -1.37. The lowest BCUT2D eigenvalue weighted by molar-refractivity contribution is -0.166. The summed E-state index contributed by atoms with van der Waals surface area (Å²) >= 11 is 0. The first-order valence-corrected chi connectivity index (χ1v) is 6.49. The smallest absolute Gasteiger partial charge is 0.330 e. The van der Waals surface area contributed by atoms with Crippen molar-refractivity contribution in [2.24, 2.45) is 0 Å². The fourth-order valence-electron chi connectivity index (χ4n) is 1.62. The maximum atomic E-state index is 12.6. The summed E-state index contributed by atoms with van der Waals surface area (Å²) < 4.78 is 53.4. The Hall–Kier alpha value is -2.36. The largest absolute Gasteiger partial charge is 0.374 e. The predicted molar refractivity (Wildman–Crippen MR) is 72.3 cm³/mol. The van der Waals surface area contributed by atoms with Crippen molar-refractivity contribution in [2.75, 3.05) is 18.5 Å². The average Bonchev–Trinajstić information content (AvgIpc) is 2.52. The van der Waals surface area contributed by atoms with Crippen LogP contribution in [0.25, 0.3) is 11.0 Å². The van der Waals surface area contributed by atoms with E-state index in [1.54, 1.807) is 12.1 Å². The molecule has 0 saturated carbocycles. The van der Waals surface area contributed by atoms with Crippen LogP contribution < -0.4 is 5.32 Å². The molecule has 0 spiro atoms. The Morgan fingerprint density at radius 2 is 2.09 bits per heavy atom. The van der Waals surface area contributed by atoms with Gasteiger partial charge < -0.3 is 10.1 Å². The predicted octanol–water partition coefficient (Wildman–Crippen LogP) is 2.27. The molecule has 1 N–H and O–H groups in total. The van der Waals surface area contributed by atoms with Gasteiger partial charge in [0, 0.05) is 6.20 Å². The number of carbonyl (C=O) groups excluding carboxylic acids is 1. The van der Waals surface area contributed by atoms with Crippen LogP contribution in [0.4, 0.5) is 23.4 Å². The van der Waals surface area contributed by atoms with E-state index >= 15 is 0 Å². The quantitative estimate of drug-likeness (QED) is 0.622. The fraction of sp³-hybridized carbons (Fsp3) is 0.385. The normalized spacial score (nSPS) is 11.9. The second-order valence-corrected chi connectivity index (χ2v) is 4.51. The number of amides is 1. The van der Waals surface area contributed by atoms with Crippen molar-refractivity contribution in [2.45, 2.75) is 18.8 Å². The van der Waals surface area contributed by atoms with Gasteiger partial charge in [-0.15, -0.1) is 0 Å². The molecule has 2 rings (SSSR count). The summed E-state index contributed by atoms with van der Waals surface area (Å²) in [4.78, 5) is 23.6. The minimum atomic E-state index is -4.23. The van der Waals surface area contributed by atoms with Crippen LogP contribution >= 0.6 is 0 Å². The summed E-state index contributed by atoms with van der Waals surface area (Å²) in [5, 5.41) is 2.44. The lowest BCUT2D eigenvalue weighted by Gasteiger charge is -2.14. The first kappa shape index (κ1) is 17.0. The molecular weight excluding hydrogens is 320 g/mol. The van der Waals surface area contributed by atoms with Crippen molar-refractivity contribution in [3.05, 3.63) is 24.7 Å². The van der Waals surface area contributed by atoms with E-state index in [9.17, 15) is 22.4 Å². The Morgan fingerprint density at radius 1 is 1.30 bits per heavy atom. The van der Waals surface area contributed by atoms with Gasteiger partial charge in [0.05, 0.1) is 18.5 Å². The van der Waals surface area contributed by atoms with Crippen molar-refractivity contribution in [3.63, 3.8) is 0 Å². The first-order chi connectivity index (χ1) is 10.9. The molecule has 0 unspecified atom stereocenters. The number of alkyl halides is 4. The Balaban J connectivity index is 1.85. The Bertz CT molecular complexity index is 679. The lowest BCUT2D eigenvalue weighted by Crippen LogP contribution is -2.32. The van der Waals surface area contributed by atoms with E-state index in [1.165, 1.54) is 12.5 Å². The topological polar surface area (TPSA) is 77.0 Å². The zero-order valence-electron chi connectivity index (χ0n) is 11.7. The Morgan fingerprint density at radius 3 is 2.83 bits per heavy atom. The van der Waals surface area contributed by atoms with E-state index in [0.717, 1.165) is 0 Å². The number of aromatic nitrogens is 3. The number of fused-ring (bicyclic) bond motifs is 1. The zero-order chi connectivity index (χ0) is 16.9. The van der Waals surface area contributed by atoms with Gasteiger partial charge in [0.1, 0.15) is 18.5 Å². The summed E-state index contributed by atoms with van der Waals surface area (Å²) in [6, 6.07) is 3.34. The molecule has 1 amide bonds. The van der Waals surface area contributed by atoms with Crippen LogP contribution in [0.1, 0.15) is 6.42 Å². The lowest BCUT2D eigenvalue weighted by atomic mass is 10.3. The summed E-state index contributed by atoms with van der Waals surface area (Å²) in [5.41, 5.74) is 0.888. The minimum absolute atomic E-state index is 0.165. The van der Waals surface area contributed by atoms with Gasteiger partial charge in [0.25, 0.3) is 0 Å². The SMILES string of the molecule is O=C(CCOCC(F)(F)C(F)F)Nc1ncnc2cccnc12. The van der Waals surface area contributed by atoms with Gasteiger partial charge in [-0.2, -0.15) is 8.78 Å². The maximum absolute atomic E-state index is 12.6.